The van der Waals surface area contributed by atoms with Crippen molar-refractivity contribution in [2.45, 2.75) is 17.1 Å². The Bertz CT molecular complexity index is 431. The summed E-state index contributed by atoms with van der Waals surface area (Å²) >= 11 is 1.41. The van der Waals surface area contributed by atoms with Gasteiger partial charge < -0.3 is 5.73 Å². The average molecular weight is 210 g/mol. The predicted molar refractivity (Wildman–Crippen MR) is 52.9 cm³/mol. The van der Waals surface area contributed by atoms with Crippen molar-refractivity contribution in [2.75, 3.05) is 5.73 Å². The zero-order valence-electron chi connectivity index (χ0n) is 7.85. The second-order valence-corrected chi connectivity index (χ2v) is 3.80. The molecule has 0 amide bonds. The third-order valence-electron chi connectivity index (χ3n) is 1.80. The van der Waals surface area contributed by atoms with Gasteiger partial charge in [0.25, 0.3) is 0 Å². The number of nitrogens with one attached hydrogen (secondary N) is 1. The first-order chi connectivity index (χ1) is 6.68. The summed E-state index contributed by atoms with van der Waals surface area (Å²) in [5.74, 6) is 0. The van der Waals surface area contributed by atoms with Gasteiger partial charge in [-0.05, 0) is 18.7 Å². The third kappa shape index (κ3) is 1.46. The van der Waals surface area contributed by atoms with Gasteiger partial charge >= 0.3 is 0 Å². The normalized spacial score (nSPS) is 10.7. The number of aromatic nitrogens is 5. The van der Waals surface area contributed by atoms with Gasteiger partial charge in [-0.25, -0.2) is 4.98 Å². The van der Waals surface area contributed by atoms with Crippen LogP contribution < -0.4 is 5.73 Å². The number of hydrogen-bond donors (Lipinski definition) is 2. The van der Waals surface area contributed by atoms with E-state index in [4.69, 9.17) is 5.73 Å². The van der Waals surface area contributed by atoms with Crippen LogP contribution in [0.4, 0.5) is 5.69 Å². The Morgan fingerprint density at radius 3 is 2.86 bits per heavy atom. The fourth-order valence-electron chi connectivity index (χ4n) is 1.11. The fraction of sp³-hybridized carbons (Fsp3) is 0.286. The molecule has 14 heavy (non-hydrogen) atoms. The molecule has 7 heteroatoms. The molecule has 0 aromatic carbocycles. The van der Waals surface area contributed by atoms with Crippen LogP contribution >= 0.6 is 11.8 Å². The van der Waals surface area contributed by atoms with E-state index in [1.165, 1.54) is 18.1 Å². The Morgan fingerprint density at radius 1 is 1.57 bits per heavy atom. The Kier molecular flexibility index (Phi) is 2.16. The van der Waals surface area contributed by atoms with Gasteiger partial charge in [0.05, 0.1) is 11.4 Å². The molecule has 2 rings (SSSR count). The molecule has 0 aliphatic heterocycles. The summed E-state index contributed by atoms with van der Waals surface area (Å²) in [7, 11) is 1.85. The zero-order valence-corrected chi connectivity index (χ0v) is 8.67. The van der Waals surface area contributed by atoms with Crippen LogP contribution in [0.15, 0.2) is 16.5 Å². The van der Waals surface area contributed by atoms with Crippen molar-refractivity contribution >= 4 is 17.4 Å². The standard InChI is InChI=1S/C7H10N6S/c1-4-5(8)6(13(2)12-4)14-7-9-3-10-11-7/h3H,8H2,1-2H3,(H,9,10,11). The maximum absolute atomic E-state index is 5.85. The molecule has 3 N–H and O–H groups in total. The maximum atomic E-state index is 5.85. The van der Waals surface area contributed by atoms with Crippen LogP contribution in [0.1, 0.15) is 5.69 Å². The van der Waals surface area contributed by atoms with Gasteiger partial charge in [-0.3, -0.25) is 9.78 Å². The molecule has 0 unspecified atom stereocenters. The molecule has 6 nitrogen and oxygen atoms in total. The molecule has 0 bridgehead atoms. The fourth-order valence-corrected chi connectivity index (χ4v) is 1.92. The number of hydrogen-bond acceptors (Lipinski definition) is 5. The largest absolute Gasteiger partial charge is 0.395 e. The van der Waals surface area contributed by atoms with Crippen molar-refractivity contribution < 1.29 is 0 Å². The summed E-state index contributed by atoms with van der Waals surface area (Å²) in [6, 6.07) is 0. The molecule has 0 saturated carbocycles. The van der Waals surface area contributed by atoms with E-state index >= 15 is 0 Å². The summed E-state index contributed by atoms with van der Waals surface area (Å²) < 4.78 is 1.73. The lowest BCUT2D eigenvalue weighted by atomic mass is 10.4. The van der Waals surface area contributed by atoms with Crippen molar-refractivity contribution in [1.82, 2.24) is 25.0 Å². The molecule has 2 aromatic rings. The average Bonchev–Trinajstić information content (AvgIpc) is 2.71. The second kappa shape index (κ2) is 3.33. The van der Waals surface area contributed by atoms with Gasteiger partial charge in [-0.2, -0.15) is 10.2 Å². The van der Waals surface area contributed by atoms with Gasteiger partial charge in [-0.15, -0.1) is 0 Å². The highest BCUT2D eigenvalue weighted by molar-refractivity contribution is 7.99. The highest BCUT2D eigenvalue weighted by atomic mass is 32.2. The molecule has 0 aliphatic carbocycles. The topological polar surface area (TPSA) is 85.4 Å². The molecule has 0 saturated heterocycles. The maximum Gasteiger partial charge on any atom is 0.189 e. The number of aryl methyl sites for hydroxylation is 2. The number of rotatable bonds is 2. The van der Waals surface area contributed by atoms with E-state index < -0.39 is 0 Å². The summed E-state index contributed by atoms with van der Waals surface area (Å²) in [6.07, 6.45) is 1.46. The smallest absolute Gasteiger partial charge is 0.189 e. The predicted octanol–water partition coefficient (Wildman–Crippen LogP) is 0.580. The summed E-state index contributed by atoms with van der Waals surface area (Å²) in [6.45, 7) is 1.87. The Morgan fingerprint density at radius 2 is 2.36 bits per heavy atom. The SMILES string of the molecule is Cc1nn(C)c(Sc2ncn[nH]2)c1N. The lowest BCUT2D eigenvalue weighted by Gasteiger charge is -1.98. The van der Waals surface area contributed by atoms with Crippen LogP contribution in [-0.4, -0.2) is 25.0 Å². The number of H-pyrrole nitrogens is 1. The molecular formula is C7H10N6S. The van der Waals surface area contributed by atoms with E-state index in [9.17, 15) is 0 Å². The molecule has 74 valence electrons. The van der Waals surface area contributed by atoms with E-state index in [2.05, 4.69) is 20.3 Å². The molecule has 0 fully saturated rings. The van der Waals surface area contributed by atoms with Gasteiger partial charge in [0, 0.05) is 7.05 Å². The van der Waals surface area contributed by atoms with Crippen molar-refractivity contribution in [3.8, 4) is 0 Å². The minimum Gasteiger partial charge on any atom is -0.395 e. The Labute approximate surface area is 84.9 Å². The number of anilines is 1. The minimum absolute atomic E-state index is 0.689. The zero-order chi connectivity index (χ0) is 10.1. The van der Waals surface area contributed by atoms with Crippen molar-refractivity contribution in [1.29, 1.82) is 0 Å². The van der Waals surface area contributed by atoms with Crippen molar-refractivity contribution in [3.63, 3.8) is 0 Å². The van der Waals surface area contributed by atoms with Gasteiger partial charge in [0.1, 0.15) is 11.4 Å². The highest BCUT2D eigenvalue weighted by Gasteiger charge is 2.12. The first-order valence-electron chi connectivity index (χ1n) is 4.00. The van der Waals surface area contributed by atoms with Crippen LogP contribution in [0.3, 0.4) is 0 Å². The Hall–Kier alpha value is -1.50. The number of nitrogens with two attached hydrogens (primary N) is 1. The Balaban J connectivity index is 2.33. The van der Waals surface area contributed by atoms with Crippen LogP contribution in [0.25, 0.3) is 0 Å². The lowest BCUT2D eigenvalue weighted by Crippen LogP contribution is -1.94. The monoisotopic (exact) mass is 210 g/mol. The molecule has 0 spiro atoms. The summed E-state index contributed by atoms with van der Waals surface area (Å²) in [5.41, 5.74) is 7.37. The lowest BCUT2D eigenvalue weighted by molar-refractivity contribution is 0.692. The van der Waals surface area contributed by atoms with Crippen LogP contribution in [0.5, 0.6) is 0 Å². The van der Waals surface area contributed by atoms with E-state index in [0.29, 0.717) is 10.8 Å². The van der Waals surface area contributed by atoms with Gasteiger partial charge in [0.2, 0.25) is 0 Å². The second-order valence-electron chi connectivity index (χ2n) is 2.82. The first-order valence-corrected chi connectivity index (χ1v) is 4.82. The van der Waals surface area contributed by atoms with E-state index in [1.807, 2.05) is 14.0 Å². The van der Waals surface area contributed by atoms with Gasteiger partial charge in [0.15, 0.2) is 5.16 Å². The third-order valence-corrected chi connectivity index (χ3v) is 2.87. The number of nitrogens with zero attached hydrogens (tertiary/aromatic N) is 4. The summed E-state index contributed by atoms with van der Waals surface area (Å²) in [5, 5.41) is 12.3. The first kappa shape index (κ1) is 9.07. The van der Waals surface area contributed by atoms with Crippen LogP contribution in [0, 0.1) is 6.92 Å². The van der Waals surface area contributed by atoms with E-state index in [0.717, 1.165) is 10.7 Å². The van der Waals surface area contributed by atoms with Crippen molar-refractivity contribution in [2.24, 2.45) is 7.05 Å². The number of aromatic amines is 1. The number of nitrogen functional groups attached to an aromatic ring is 1. The van der Waals surface area contributed by atoms with E-state index in [-0.39, 0.29) is 0 Å². The minimum atomic E-state index is 0.689. The molecule has 0 aliphatic rings. The van der Waals surface area contributed by atoms with E-state index in [1.54, 1.807) is 4.68 Å². The molecule has 0 radical (unpaired) electrons. The van der Waals surface area contributed by atoms with Gasteiger partial charge in [-0.1, -0.05) is 0 Å². The highest BCUT2D eigenvalue weighted by Crippen LogP contribution is 2.30. The summed E-state index contributed by atoms with van der Waals surface area (Å²) in [4.78, 5) is 4.00. The van der Waals surface area contributed by atoms with Crippen LogP contribution in [0.2, 0.25) is 0 Å². The molecule has 2 aromatic heterocycles. The van der Waals surface area contributed by atoms with Crippen LogP contribution in [-0.2, 0) is 7.05 Å². The van der Waals surface area contributed by atoms with Crippen molar-refractivity contribution in [3.05, 3.63) is 12.0 Å². The molecule has 2 heterocycles. The quantitative estimate of drug-likeness (QED) is 0.757. The molecule has 0 atom stereocenters. The molecular weight excluding hydrogens is 200 g/mol.